The van der Waals surface area contributed by atoms with E-state index in [-0.39, 0.29) is 17.8 Å². The molecule has 1 heterocycles. The van der Waals surface area contributed by atoms with E-state index in [1.54, 1.807) is 0 Å². The van der Waals surface area contributed by atoms with Crippen LogP contribution >= 0.6 is 0 Å². The molecule has 2 aliphatic rings. The Labute approximate surface area is 111 Å². The van der Waals surface area contributed by atoms with E-state index in [9.17, 15) is 13.6 Å². The van der Waals surface area contributed by atoms with Gasteiger partial charge in [-0.15, -0.1) is 0 Å². The van der Waals surface area contributed by atoms with Crippen molar-refractivity contribution in [2.45, 2.75) is 13.3 Å². The molecule has 0 aromatic carbocycles. The minimum Gasteiger partial charge on any atom is -0.469 e. The topological polar surface area (TPSA) is 29.5 Å². The lowest BCUT2D eigenvalue weighted by atomic mass is 9.79. The van der Waals surface area contributed by atoms with Crippen LogP contribution in [-0.2, 0) is 9.53 Å². The van der Waals surface area contributed by atoms with E-state index >= 15 is 0 Å². The van der Waals surface area contributed by atoms with Gasteiger partial charge in [-0.05, 0) is 25.0 Å². The fraction of sp³-hybridized carbons (Fsp3) is 0.643. The average Bonchev–Trinajstić information content (AvgIpc) is 2.82. The van der Waals surface area contributed by atoms with Crippen molar-refractivity contribution >= 4 is 5.97 Å². The molecule has 3 nitrogen and oxygen atoms in total. The van der Waals surface area contributed by atoms with Crippen molar-refractivity contribution in [2.75, 3.05) is 26.7 Å². The molecule has 0 aromatic heterocycles. The number of hydrogen-bond acceptors (Lipinski definition) is 3. The quantitative estimate of drug-likeness (QED) is 0.738. The van der Waals surface area contributed by atoms with Crippen LogP contribution in [0.5, 0.6) is 0 Å². The molecule has 0 bridgehead atoms. The monoisotopic (exact) mass is 271 g/mol. The molecule has 3 atom stereocenters. The number of rotatable bonds is 3. The van der Waals surface area contributed by atoms with Crippen LogP contribution in [0.3, 0.4) is 0 Å². The molecule has 0 N–H and O–H groups in total. The van der Waals surface area contributed by atoms with E-state index in [0.717, 1.165) is 12.6 Å². The largest absolute Gasteiger partial charge is 0.469 e. The minimum absolute atomic E-state index is 0.145. The maximum absolute atomic E-state index is 13.9. The van der Waals surface area contributed by atoms with Gasteiger partial charge in [-0.3, -0.25) is 4.79 Å². The van der Waals surface area contributed by atoms with Gasteiger partial charge in [-0.1, -0.05) is 6.92 Å². The molecule has 5 heteroatoms. The van der Waals surface area contributed by atoms with Gasteiger partial charge in [0.2, 0.25) is 0 Å². The van der Waals surface area contributed by atoms with E-state index in [2.05, 4.69) is 4.90 Å². The second-order valence-electron chi connectivity index (χ2n) is 5.11. The number of halogens is 2. The van der Waals surface area contributed by atoms with Gasteiger partial charge in [-0.2, -0.15) is 0 Å². The number of carbonyl (C=O) groups excluding carboxylic acids is 1. The SMILES string of the molecule is CCN1C[C@@H](C(=O)OC)[C@H](C2CC=C(F)C=C2F)C1. The molecule has 1 fully saturated rings. The first-order chi connectivity index (χ1) is 9.06. The van der Waals surface area contributed by atoms with E-state index in [0.29, 0.717) is 19.5 Å². The predicted octanol–water partition coefficient (Wildman–Crippen LogP) is 2.45. The first kappa shape index (κ1) is 14.2. The molecule has 2 rings (SSSR count). The maximum Gasteiger partial charge on any atom is 0.310 e. The van der Waals surface area contributed by atoms with Crippen molar-refractivity contribution in [2.24, 2.45) is 17.8 Å². The second kappa shape index (κ2) is 5.82. The molecule has 1 aliphatic heterocycles. The number of methoxy groups -OCH3 is 1. The summed E-state index contributed by atoms with van der Waals surface area (Å²) in [6.07, 6.45) is 2.62. The zero-order valence-electron chi connectivity index (χ0n) is 11.2. The molecule has 1 aliphatic carbocycles. The average molecular weight is 271 g/mol. The number of nitrogens with zero attached hydrogens (tertiary/aromatic N) is 1. The fourth-order valence-electron chi connectivity index (χ4n) is 3.01. The highest BCUT2D eigenvalue weighted by molar-refractivity contribution is 5.73. The highest BCUT2D eigenvalue weighted by Gasteiger charge is 2.43. The zero-order valence-corrected chi connectivity index (χ0v) is 11.2. The van der Waals surface area contributed by atoms with Crippen molar-refractivity contribution in [3.8, 4) is 0 Å². The molecule has 1 saturated heterocycles. The fourth-order valence-corrected chi connectivity index (χ4v) is 3.01. The van der Waals surface area contributed by atoms with Crippen LogP contribution in [0.25, 0.3) is 0 Å². The summed E-state index contributed by atoms with van der Waals surface area (Å²) in [5.74, 6) is -2.19. The molecule has 0 spiro atoms. The summed E-state index contributed by atoms with van der Waals surface area (Å²) < 4.78 is 31.7. The number of ether oxygens (including phenoxy) is 1. The summed E-state index contributed by atoms with van der Waals surface area (Å²) in [4.78, 5) is 13.9. The van der Waals surface area contributed by atoms with Gasteiger partial charge < -0.3 is 9.64 Å². The van der Waals surface area contributed by atoms with Crippen LogP contribution in [0.4, 0.5) is 8.78 Å². The van der Waals surface area contributed by atoms with E-state index in [4.69, 9.17) is 4.74 Å². The van der Waals surface area contributed by atoms with Gasteiger partial charge >= 0.3 is 5.97 Å². The normalized spacial score (nSPS) is 31.9. The van der Waals surface area contributed by atoms with Crippen molar-refractivity contribution in [1.29, 1.82) is 0 Å². The van der Waals surface area contributed by atoms with E-state index in [1.807, 2.05) is 6.92 Å². The zero-order chi connectivity index (χ0) is 14.0. The van der Waals surface area contributed by atoms with Crippen molar-refractivity contribution in [1.82, 2.24) is 4.90 Å². The Morgan fingerprint density at radius 2 is 2.21 bits per heavy atom. The molecule has 0 radical (unpaired) electrons. The molecule has 0 amide bonds. The van der Waals surface area contributed by atoms with Gasteiger partial charge in [0.05, 0.1) is 13.0 Å². The number of esters is 1. The van der Waals surface area contributed by atoms with Crippen molar-refractivity contribution in [3.63, 3.8) is 0 Å². The highest BCUT2D eigenvalue weighted by Crippen LogP contribution is 2.39. The summed E-state index contributed by atoms with van der Waals surface area (Å²) in [5, 5.41) is 0. The summed E-state index contributed by atoms with van der Waals surface area (Å²) in [6, 6.07) is 0. The summed E-state index contributed by atoms with van der Waals surface area (Å²) in [6.45, 7) is 4.05. The Bertz CT molecular complexity index is 420. The highest BCUT2D eigenvalue weighted by atomic mass is 19.1. The van der Waals surface area contributed by atoms with Crippen LogP contribution in [0, 0.1) is 17.8 Å². The van der Waals surface area contributed by atoms with Crippen molar-refractivity contribution in [3.05, 3.63) is 23.8 Å². The first-order valence-electron chi connectivity index (χ1n) is 6.59. The summed E-state index contributed by atoms with van der Waals surface area (Å²) >= 11 is 0. The van der Waals surface area contributed by atoms with Gasteiger partial charge in [0.25, 0.3) is 0 Å². The van der Waals surface area contributed by atoms with Gasteiger partial charge in [0.15, 0.2) is 0 Å². The smallest absolute Gasteiger partial charge is 0.310 e. The third-order valence-corrected chi connectivity index (χ3v) is 4.11. The van der Waals surface area contributed by atoms with Crippen molar-refractivity contribution < 1.29 is 18.3 Å². The lowest BCUT2D eigenvalue weighted by Gasteiger charge is -2.26. The second-order valence-corrected chi connectivity index (χ2v) is 5.11. The summed E-state index contributed by atoms with van der Waals surface area (Å²) in [7, 11) is 1.35. The Kier molecular flexibility index (Phi) is 4.34. The molecular weight excluding hydrogens is 252 g/mol. The molecule has 0 saturated carbocycles. The Balaban J connectivity index is 2.17. The Morgan fingerprint density at radius 3 is 2.79 bits per heavy atom. The molecule has 1 unspecified atom stereocenters. The van der Waals surface area contributed by atoms with Crippen LogP contribution in [0.2, 0.25) is 0 Å². The van der Waals surface area contributed by atoms with Crippen LogP contribution in [0.1, 0.15) is 13.3 Å². The van der Waals surface area contributed by atoms with Crippen LogP contribution < -0.4 is 0 Å². The van der Waals surface area contributed by atoms with Gasteiger partial charge in [-0.25, -0.2) is 8.78 Å². The first-order valence-corrected chi connectivity index (χ1v) is 6.59. The molecule has 19 heavy (non-hydrogen) atoms. The maximum atomic E-state index is 13.9. The lowest BCUT2D eigenvalue weighted by molar-refractivity contribution is -0.146. The number of allylic oxidation sites excluding steroid dienone is 4. The minimum atomic E-state index is -0.534. The van der Waals surface area contributed by atoms with E-state index < -0.39 is 17.6 Å². The summed E-state index contributed by atoms with van der Waals surface area (Å²) in [5.41, 5.74) is 0. The molecular formula is C14H19F2NO2. The molecule has 0 aromatic rings. The van der Waals surface area contributed by atoms with Crippen LogP contribution in [0.15, 0.2) is 23.8 Å². The number of hydrogen-bond donors (Lipinski definition) is 0. The van der Waals surface area contributed by atoms with E-state index in [1.165, 1.54) is 13.2 Å². The predicted molar refractivity (Wildman–Crippen MR) is 67.6 cm³/mol. The lowest BCUT2D eigenvalue weighted by Crippen LogP contribution is -2.30. The Morgan fingerprint density at radius 1 is 1.47 bits per heavy atom. The third-order valence-electron chi connectivity index (χ3n) is 4.11. The Hall–Kier alpha value is -1.23. The number of carbonyl (C=O) groups is 1. The van der Waals surface area contributed by atoms with Gasteiger partial charge in [0.1, 0.15) is 11.7 Å². The van der Waals surface area contributed by atoms with Gasteiger partial charge in [0, 0.05) is 25.1 Å². The molecule has 106 valence electrons. The van der Waals surface area contributed by atoms with Crippen LogP contribution in [-0.4, -0.2) is 37.6 Å². The number of likely N-dealkylation sites (tertiary alicyclic amines) is 1. The standard InChI is InChI=1S/C14H19F2NO2/c1-3-17-7-11(12(8-17)14(18)19-2)10-5-4-9(15)6-13(10)16/h4,6,10-12H,3,5,7-8H2,1-2H3/t10?,11-,12+/m0/s1. The third kappa shape index (κ3) is 2.86.